The van der Waals surface area contributed by atoms with Gasteiger partial charge in [0.05, 0.1) is 11.5 Å². The third-order valence-electron chi connectivity index (χ3n) is 2.02. The summed E-state index contributed by atoms with van der Waals surface area (Å²) in [7, 11) is 0. The summed E-state index contributed by atoms with van der Waals surface area (Å²) in [4.78, 5) is 13.8. The first-order valence-corrected chi connectivity index (χ1v) is 4.58. The van der Waals surface area contributed by atoms with E-state index >= 15 is 0 Å². The van der Waals surface area contributed by atoms with Gasteiger partial charge < -0.3 is 10.4 Å². The lowest BCUT2D eigenvalue weighted by atomic mass is 10.1. The highest BCUT2D eigenvalue weighted by Gasteiger charge is 2.10. The Labute approximate surface area is 87.1 Å². The van der Waals surface area contributed by atoms with E-state index in [2.05, 4.69) is 10.3 Å². The molecule has 1 rings (SSSR count). The SMILES string of the molecule is CC(NCCO)c1cncc([N+](=O)[O-])c1. The van der Waals surface area contributed by atoms with Crippen molar-refractivity contribution in [3.05, 3.63) is 34.1 Å². The van der Waals surface area contributed by atoms with Crippen LogP contribution in [0.15, 0.2) is 18.5 Å². The van der Waals surface area contributed by atoms with Gasteiger partial charge in [-0.25, -0.2) is 0 Å². The summed E-state index contributed by atoms with van der Waals surface area (Å²) in [6, 6.07) is 1.41. The van der Waals surface area contributed by atoms with Gasteiger partial charge in [0.1, 0.15) is 6.20 Å². The minimum absolute atomic E-state index is 0.0230. The predicted octanol–water partition coefficient (Wildman–Crippen LogP) is 0.633. The van der Waals surface area contributed by atoms with Crippen molar-refractivity contribution in [3.63, 3.8) is 0 Å². The molecule has 1 unspecified atom stereocenters. The molecule has 0 aliphatic heterocycles. The molecule has 0 amide bonds. The molecule has 0 aliphatic rings. The molecule has 1 atom stereocenters. The van der Waals surface area contributed by atoms with Gasteiger partial charge in [-0.1, -0.05) is 0 Å². The second kappa shape index (κ2) is 5.38. The van der Waals surface area contributed by atoms with E-state index in [0.29, 0.717) is 6.54 Å². The van der Waals surface area contributed by atoms with Crippen LogP contribution in [-0.2, 0) is 0 Å². The number of hydrogen-bond donors (Lipinski definition) is 2. The number of pyridine rings is 1. The van der Waals surface area contributed by atoms with Gasteiger partial charge in [-0.2, -0.15) is 0 Å². The summed E-state index contributed by atoms with van der Waals surface area (Å²) in [5.41, 5.74) is 0.711. The zero-order valence-corrected chi connectivity index (χ0v) is 8.38. The Kier molecular flexibility index (Phi) is 4.14. The first-order valence-electron chi connectivity index (χ1n) is 4.58. The highest BCUT2D eigenvalue weighted by atomic mass is 16.6. The fraction of sp³-hybridized carbons (Fsp3) is 0.444. The lowest BCUT2D eigenvalue weighted by Gasteiger charge is -2.12. The van der Waals surface area contributed by atoms with Crippen LogP contribution in [0.5, 0.6) is 0 Å². The third-order valence-corrected chi connectivity index (χ3v) is 2.02. The second-order valence-corrected chi connectivity index (χ2v) is 3.13. The van der Waals surface area contributed by atoms with E-state index < -0.39 is 4.92 Å². The Morgan fingerprint density at radius 1 is 1.67 bits per heavy atom. The van der Waals surface area contributed by atoms with E-state index in [1.165, 1.54) is 12.3 Å². The molecule has 1 aromatic heterocycles. The highest BCUT2D eigenvalue weighted by molar-refractivity contribution is 5.31. The number of nitro groups is 1. The number of nitrogens with zero attached hydrogens (tertiary/aromatic N) is 2. The maximum atomic E-state index is 10.5. The molecule has 1 heterocycles. The van der Waals surface area contributed by atoms with Gasteiger partial charge in [0, 0.05) is 24.8 Å². The molecule has 0 aliphatic carbocycles. The van der Waals surface area contributed by atoms with Crippen LogP contribution in [0.25, 0.3) is 0 Å². The Morgan fingerprint density at radius 2 is 2.40 bits per heavy atom. The highest BCUT2D eigenvalue weighted by Crippen LogP contribution is 2.16. The van der Waals surface area contributed by atoms with Gasteiger partial charge >= 0.3 is 0 Å². The van der Waals surface area contributed by atoms with Crippen LogP contribution < -0.4 is 5.32 Å². The molecule has 0 saturated heterocycles. The van der Waals surface area contributed by atoms with Crippen LogP contribution >= 0.6 is 0 Å². The Balaban J connectivity index is 2.76. The quantitative estimate of drug-likeness (QED) is 0.551. The molecule has 0 aromatic carbocycles. The number of aliphatic hydroxyl groups excluding tert-OH is 1. The van der Waals surface area contributed by atoms with Gasteiger partial charge in [-0.15, -0.1) is 0 Å². The Bertz CT molecular complexity index is 343. The van der Waals surface area contributed by atoms with E-state index in [-0.39, 0.29) is 18.3 Å². The molecule has 1 aromatic rings. The van der Waals surface area contributed by atoms with Crippen molar-refractivity contribution in [2.75, 3.05) is 13.2 Å². The normalized spacial score (nSPS) is 12.4. The van der Waals surface area contributed by atoms with E-state index in [0.717, 1.165) is 5.56 Å². The van der Waals surface area contributed by atoms with Crippen molar-refractivity contribution in [1.82, 2.24) is 10.3 Å². The van der Waals surface area contributed by atoms with Gasteiger partial charge in [0.2, 0.25) is 0 Å². The summed E-state index contributed by atoms with van der Waals surface area (Å²) in [6.07, 6.45) is 2.78. The molecular formula is C9H13N3O3. The zero-order chi connectivity index (χ0) is 11.3. The number of aliphatic hydroxyl groups is 1. The molecule has 6 heteroatoms. The third kappa shape index (κ3) is 3.26. The molecular weight excluding hydrogens is 198 g/mol. The van der Waals surface area contributed by atoms with Crippen molar-refractivity contribution < 1.29 is 10.0 Å². The van der Waals surface area contributed by atoms with E-state index in [4.69, 9.17) is 5.11 Å². The van der Waals surface area contributed by atoms with Crippen LogP contribution in [0.1, 0.15) is 18.5 Å². The van der Waals surface area contributed by atoms with Gasteiger partial charge in [-0.3, -0.25) is 15.1 Å². The maximum Gasteiger partial charge on any atom is 0.287 e. The molecule has 0 fully saturated rings. The first-order chi connectivity index (χ1) is 7.15. The average molecular weight is 211 g/mol. The van der Waals surface area contributed by atoms with Crippen molar-refractivity contribution in [2.45, 2.75) is 13.0 Å². The summed E-state index contributed by atoms with van der Waals surface area (Å²) in [5, 5.41) is 22.1. The average Bonchev–Trinajstić information content (AvgIpc) is 2.26. The lowest BCUT2D eigenvalue weighted by molar-refractivity contribution is -0.385. The maximum absolute atomic E-state index is 10.5. The molecule has 2 N–H and O–H groups in total. The van der Waals surface area contributed by atoms with Gasteiger partial charge in [0.25, 0.3) is 5.69 Å². The lowest BCUT2D eigenvalue weighted by Crippen LogP contribution is -2.22. The molecule has 6 nitrogen and oxygen atoms in total. The van der Waals surface area contributed by atoms with E-state index in [1.807, 2.05) is 6.92 Å². The number of hydrogen-bond acceptors (Lipinski definition) is 5. The minimum atomic E-state index is -0.477. The van der Waals surface area contributed by atoms with Crippen LogP contribution in [0.4, 0.5) is 5.69 Å². The summed E-state index contributed by atoms with van der Waals surface area (Å²) in [5.74, 6) is 0. The molecule has 0 spiro atoms. The zero-order valence-electron chi connectivity index (χ0n) is 8.38. The minimum Gasteiger partial charge on any atom is -0.395 e. The van der Waals surface area contributed by atoms with Gasteiger partial charge in [-0.05, 0) is 12.5 Å². The number of rotatable bonds is 5. The fourth-order valence-electron chi connectivity index (χ4n) is 1.18. The second-order valence-electron chi connectivity index (χ2n) is 3.13. The van der Waals surface area contributed by atoms with Crippen LogP contribution in [-0.4, -0.2) is 28.2 Å². The van der Waals surface area contributed by atoms with Crippen molar-refractivity contribution in [1.29, 1.82) is 0 Å². The molecule has 82 valence electrons. The molecule has 0 saturated carbocycles. The molecule has 0 bridgehead atoms. The standard InChI is InChI=1S/C9H13N3O3/c1-7(11-2-3-13)8-4-9(12(14)15)6-10-5-8/h4-7,11,13H,2-3H2,1H3. The van der Waals surface area contributed by atoms with E-state index in [1.54, 1.807) is 6.20 Å². The van der Waals surface area contributed by atoms with Crippen LogP contribution in [0.2, 0.25) is 0 Å². The van der Waals surface area contributed by atoms with Crippen molar-refractivity contribution in [3.8, 4) is 0 Å². The topological polar surface area (TPSA) is 88.3 Å². The van der Waals surface area contributed by atoms with Gasteiger partial charge in [0.15, 0.2) is 0 Å². The molecule has 0 radical (unpaired) electrons. The number of aromatic nitrogens is 1. The van der Waals surface area contributed by atoms with E-state index in [9.17, 15) is 10.1 Å². The Hall–Kier alpha value is -1.53. The monoisotopic (exact) mass is 211 g/mol. The van der Waals surface area contributed by atoms with Crippen LogP contribution in [0, 0.1) is 10.1 Å². The summed E-state index contributed by atoms with van der Waals surface area (Å²) < 4.78 is 0. The predicted molar refractivity (Wildman–Crippen MR) is 54.4 cm³/mol. The van der Waals surface area contributed by atoms with Crippen molar-refractivity contribution in [2.24, 2.45) is 0 Å². The smallest absolute Gasteiger partial charge is 0.287 e. The Morgan fingerprint density at radius 3 is 3.00 bits per heavy atom. The summed E-state index contributed by atoms with van der Waals surface area (Å²) in [6.45, 7) is 2.34. The fourth-order valence-corrected chi connectivity index (χ4v) is 1.18. The summed E-state index contributed by atoms with van der Waals surface area (Å²) >= 11 is 0. The number of nitrogens with one attached hydrogen (secondary N) is 1. The van der Waals surface area contributed by atoms with Crippen LogP contribution in [0.3, 0.4) is 0 Å². The largest absolute Gasteiger partial charge is 0.395 e. The van der Waals surface area contributed by atoms with Crippen molar-refractivity contribution >= 4 is 5.69 Å². The first kappa shape index (κ1) is 11.5. The molecule has 15 heavy (non-hydrogen) atoms.